The second kappa shape index (κ2) is 9.37. The SMILES string of the molecule is CC(C)CCC(=CCC1CCCCC1=O)CCC(C)C. The maximum atomic E-state index is 11.9. The molecule has 0 aromatic rings. The minimum atomic E-state index is 0.330. The second-order valence-electron chi connectivity index (χ2n) is 7.37. The van der Waals surface area contributed by atoms with Crippen molar-refractivity contribution in [1.29, 1.82) is 0 Å². The maximum Gasteiger partial charge on any atom is 0.136 e. The molecule has 0 N–H and O–H groups in total. The van der Waals surface area contributed by atoms with Gasteiger partial charge in [-0.1, -0.05) is 45.8 Å². The molecule has 0 radical (unpaired) electrons. The van der Waals surface area contributed by atoms with Gasteiger partial charge in [-0.15, -0.1) is 0 Å². The minimum Gasteiger partial charge on any atom is -0.299 e. The molecule has 1 rings (SSSR count). The molecule has 0 aromatic heterocycles. The fraction of sp³-hybridized carbons (Fsp3) is 0.842. The summed E-state index contributed by atoms with van der Waals surface area (Å²) in [5.41, 5.74) is 1.60. The van der Waals surface area contributed by atoms with Crippen molar-refractivity contribution in [2.24, 2.45) is 17.8 Å². The molecule has 1 unspecified atom stereocenters. The Hall–Kier alpha value is -0.590. The third-order valence-corrected chi connectivity index (χ3v) is 4.46. The van der Waals surface area contributed by atoms with Crippen LogP contribution in [-0.4, -0.2) is 5.78 Å². The summed E-state index contributed by atoms with van der Waals surface area (Å²) < 4.78 is 0. The highest BCUT2D eigenvalue weighted by Crippen LogP contribution is 2.26. The van der Waals surface area contributed by atoms with E-state index in [1.165, 1.54) is 32.1 Å². The van der Waals surface area contributed by atoms with Gasteiger partial charge in [0, 0.05) is 12.3 Å². The zero-order valence-electron chi connectivity index (χ0n) is 14.1. The molecule has 0 aliphatic heterocycles. The minimum absolute atomic E-state index is 0.330. The molecule has 1 fully saturated rings. The van der Waals surface area contributed by atoms with Gasteiger partial charge in [0.25, 0.3) is 0 Å². The van der Waals surface area contributed by atoms with Crippen LogP contribution in [0.25, 0.3) is 0 Å². The zero-order chi connectivity index (χ0) is 15.0. The van der Waals surface area contributed by atoms with E-state index in [0.717, 1.165) is 37.5 Å². The van der Waals surface area contributed by atoms with E-state index in [-0.39, 0.29) is 0 Å². The summed E-state index contributed by atoms with van der Waals surface area (Å²) in [5.74, 6) is 2.39. The van der Waals surface area contributed by atoms with Gasteiger partial charge in [0.1, 0.15) is 5.78 Å². The van der Waals surface area contributed by atoms with Crippen molar-refractivity contribution in [2.45, 2.75) is 85.5 Å². The van der Waals surface area contributed by atoms with E-state index >= 15 is 0 Å². The quantitative estimate of drug-likeness (QED) is 0.502. The first-order valence-electron chi connectivity index (χ1n) is 8.69. The molecular formula is C19H34O. The van der Waals surface area contributed by atoms with E-state index in [9.17, 15) is 4.79 Å². The number of ketones is 1. The Kier molecular flexibility index (Phi) is 8.18. The van der Waals surface area contributed by atoms with Crippen LogP contribution in [0.2, 0.25) is 0 Å². The lowest BCUT2D eigenvalue weighted by Crippen LogP contribution is -2.18. The van der Waals surface area contributed by atoms with Gasteiger partial charge in [-0.2, -0.15) is 0 Å². The van der Waals surface area contributed by atoms with Crippen LogP contribution in [0.5, 0.6) is 0 Å². The second-order valence-corrected chi connectivity index (χ2v) is 7.37. The third-order valence-electron chi connectivity index (χ3n) is 4.46. The van der Waals surface area contributed by atoms with E-state index in [0.29, 0.717) is 11.7 Å². The Morgan fingerprint density at radius 2 is 1.70 bits per heavy atom. The Morgan fingerprint density at radius 1 is 1.10 bits per heavy atom. The molecule has 1 nitrogen and oxygen atoms in total. The number of hydrogen-bond acceptors (Lipinski definition) is 1. The van der Waals surface area contributed by atoms with Gasteiger partial charge in [-0.3, -0.25) is 4.79 Å². The standard InChI is InChI=1S/C19H34O/c1-15(2)9-11-17(12-10-16(3)4)13-14-18-7-5-6-8-19(18)20/h13,15-16,18H,5-12,14H2,1-4H3. The van der Waals surface area contributed by atoms with Crippen molar-refractivity contribution in [3.05, 3.63) is 11.6 Å². The molecule has 0 aromatic carbocycles. The van der Waals surface area contributed by atoms with Crippen LogP contribution in [0.4, 0.5) is 0 Å². The monoisotopic (exact) mass is 278 g/mol. The molecule has 1 saturated carbocycles. The van der Waals surface area contributed by atoms with E-state index in [4.69, 9.17) is 0 Å². The first kappa shape index (κ1) is 17.5. The Labute approximate surface area is 126 Å². The van der Waals surface area contributed by atoms with Crippen LogP contribution in [0, 0.1) is 17.8 Å². The Morgan fingerprint density at radius 3 is 2.20 bits per heavy atom. The number of Topliss-reactive ketones (excluding diaryl/α,β-unsaturated/α-hetero) is 1. The van der Waals surface area contributed by atoms with E-state index in [1.807, 2.05) is 0 Å². The summed E-state index contributed by atoms with van der Waals surface area (Å²) in [6, 6.07) is 0. The molecule has 0 amide bonds. The van der Waals surface area contributed by atoms with Gasteiger partial charge in [-0.25, -0.2) is 0 Å². The van der Waals surface area contributed by atoms with Crippen LogP contribution >= 0.6 is 0 Å². The molecule has 0 saturated heterocycles. The van der Waals surface area contributed by atoms with Gasteiger partial charge in [0.15, 0.2) is 0 Å². The summed E-state index contributed by atoms with van der Waals surface area (Å²) in [6.45, 7) is 9.19. The van der Waals surface area contributed by atoms with E-state index in [2.05, 4.69) is 33.8 Å². The van der Waals surface area contributed by atoms with Gasteiger partial charge < -0.3 is 0 Å². The molecule has 1 atom stereocenters. The summed E-state index contributed by atoms with van der Waals surface area (Å²) in [4.78, 5) is 11.9. The van der Waals surface area contributed by atoms with E-state index < -0.39 is 0 Å². The van der Waals surface area contributed by atoms with Crippen molar-refractivity contribution in [1.82, 2.24) is 0 Å². The van der Waals surface area contributed by atoms with Crippen molar-refractivity contribution in [3.63, 3.8) is 0 Å². The lowest BCUT2D eigenvalue weighted by molar-refractivity contribution is -0.124. The van der Waals surface area contributed by atoms with Crippen molar-refractivity contribution in [3.8, 4) is 0 Å². The number of carbonyl (C=O) groups is 1. The fourth-order valence-corrected chi connectivity index (χ4v) is 2.89. The van der Waals surface area contributed by atoms with Gasteiger partial charge in [-0.05, 0) is 56.8 Å². The zero-order valence-corrected chi connectivity index (χ0v) is 14.1. The predicted octanol–water partition coefficient (Wildman–Crippen LogP) is 5.93. The van der Waals surface area contributed by atoms with Crippen molar-refractivity contribution in [2.75, 3.05) is 0 Å². The molecule has 1 aliphatic carbocycles. The molecule has 0 heterocycles. The topological polar surface area (TPSA) is 17.1 Å². The highest BCUT2D eigenvalue weighted by Gasteiger charge is 2.20. The lowest BCUT2D eigenvalue weighted by atomic mass is 9.84. The number of rotatable bonds is 8. The highest BCUT2D eigenvalue weighted by molar-refractivity contribution is 5.81. The fourth-order valence-electron chi connectivity index (χ4n) is 2.89. The van der Waals surface area contributed by atoms with E-state index in [1.54, 1.807) is 5.57 Å². The molecule has 1 aliphatic rings. The Bertz CT molecular complexity index is 298. The molecule has 0 spiro atoms. The maximum absolute atomic E-state index is 11.9. The van der Waals surface area contributed by atoms with Gasteiger partial charge >= 0.3 is 0 Å². The summed E-state index contributed by atoms with van der Waals surface area (Å²) in [7, 11) is 0. The lowest BCUT2D eigenvalue weighted by Gasteiger charge is -2.20. The molecule has 20 heavy (non-hydrogen) atoms. The number of allylic oxidation sites excluding steroid dienone is 2. The predicted molar refractivity (Wildman–Crippen MR) is 87.8 cm³/mol. The largest absolute Gasteiger partial charge is 0.299 e. The average Bonchev–Trinajstić information content (AvgIpc) is 2.39. The van der Waals surface area contributed by atoms with Crippen LogP contribution in [-0.2, 0) is 4.79 Å². The number of carbonyl (C=O) groups excluding carboxylic acids is 1. The van der Waals surface area contributed by atoms with Crippen LogP contribution in [0.3, 0.4) is 0 Å². The summed E-state index contributed by atoms with van der Waals surface area (Å²) in [6.07, 6.45) is 12.7. The number of hydrogen-bond donors (Lipinski definition) is 0. The summed E-state index contributed by atoms with van der Waals surface area (Å²) >= 11 is 0. The molecular weight excluding hydrogens is 244 g/mol. The van der Waals surface area contributed by atoms with Gasteiger partial charge in [0.2, 0.25) is 0 Å². The molecule has 0 bridgehead atoms. The van der Waals surface area contributed by atoms with Crippen molar-refractivity contribution < 1.29 is 4.79 Å². The van der Waals surface area contributed by atoms with Crippen molar-refractivity contribution >= 4 is 5.78 Å². The summed E-state index contributed by atoms with van der Waals surface area (Å²) in [5, 5.41) is 0. The first-order valence-corrected chi connectivity index (χ1v) is 8.69. The molecule has 1 heteroatoms. The smallest absolute Gasteiger partial charge is 0.136 e. The third kappa shape index (κ3) is 7.26. The average molecular weight is 278 g/mol. The highest BCUT2D eigenvalue weighted by atomic mass is 16.1. The first-order chi connectivity index (χ1) is 9.49. The normalized spacial score (nSPS) is 19.7. The Balaban J connectivity index is 2.50. The van der Waals surface area contributed by atoms with Gasteiger partial charge in [0.05, 0.1) is 0 Å². The van der Waals surface area contributed by atoms with Crippen LogP contribution in [0.1, 0.15) is 85.5 Å². The van der Waals surface area contributed by atoms with Crippen LogP contribution in [0.15, 0.2) is 11.6 Å². The molecule has 116 valence electrons. The van der Waals surface area contributed by atoms with Crippen LogP contribution < -0.4 is 0 Å².